The zero-order valence-corrected chi connectivity index (χ0v) is 20.5. The zero-order valence-electron chi connectivity index (χ0n) is 19.7. The second kappa shape index (κ2) is 10.4. The lowest BCUT2D eigenvalue weighted by Gasteiger charge is -2.21. The van der Waals surface area contributed by atoms with E-state index in [0.29, 0.717) is 24.5 Å². The van der Waals surface area contributed by atoms with Gasteiger partial charge in [-0.1, -0.05) is 13.8 Å². The van der Waals surface area contributed by atoms with Crippen LogP contribution in [0.5, 0.6) is 5.75 Å². The van der Waals surface area contributed by atoms with Gasteiger partial charge in [-0.25, -0.2) is 8.42 Å². The SMILES string of the molecule is CCN(CC)S(=O)(=O)c1ccc(OC(C)C)c(NC(=O)c2ccc(N3C(=O)CCC3=O)cc2)c1. The number of hydrogen-bond donors (Lipinski definition) is 1. The Kier molecular flexibility index (Phi) is 7.73. The van der Waals surface area contributed by atoms with Gasteiger partial charge in [-0.3, -0.25) is 19.3 Å². The fourth-order valence-corrected chi connectivity index (χ4v) is 5.14. The van der Waals surface area contributed by atoms with Gasteiger partial charge < -0.3 is 10.1 Å². The Bertz CT molecular complexity index is 1170. The fraction of sp³-hybridized carbons (Fsp3) is 0.375. The minimum Gasteiger partial charge on any atom is -0.489 e. The van der Waals surface area contributed by atoms with Crippen molar-refractivity contribution >= 4 is 39.1 Å². The molecule has 10 heteroatoms. The number of nitrogens with one attached hydrogen (secondary N) is 1. The van der Waals surface area contributed by atoms with E-state index in [2.05, 4.69) is 5.32 Å². The van der Waals surface area contributed by atoms with E-state index in [1.54, 1.807) is 13.8 Å². The summed E-state index contributed by atoms with van der Waals surface area (Å²) in [6.07, 6.45) is 0.148. The van der Waals surface area contributed by atoms with Crippen molar-refractivity contribution in [3.05, 3.63) is 48.0 Å². The summed E-state index contributed by atoms with van der Waals surface area (Å²) in [5.74, 6) is -0.698. The molecule has 3 amide bonds. The second-order valence-corrected chi connectivity index (χ2v) is 9.98. The van der Waals surface area contributed by atoms with Crippen LogP contribution in [0.3, 0.4) is 0 Å². The molecule has 0 aromatic heterocycles. The summed E-state index contributed by atoms with van der Waals surface area (Å²) in [5, 5.41) is 2.73. The first-order chi connectivity index (χ1) is 16.1. The second-order valence-electron chi connectivity index (χ2n) is 8.04. The number of benzene rings is 2. The average molecular weight is 488 g/mol. The first-order valence-electron chi connectivity index (χ1n) is 11.2. The minimum atomic E-state index is -3.74. The van der Waals surface area contributed by atoms with Crippen LogP contribution in [0.25, 0.3) is 0 Å². The molecule has 1 heterocycles. The smallest absolute Gasteiger partial charge is 0.255 e. The molecule has 3 rings (SSSR count). The Morgan fingerprint density at radius 2 is 1.62 bits per heavy atom. The van der Waals surface area contributed by atoms with Gasteiger partial charge in [-0.05, 0) is 56.3 Å². The number of imide groups is 1. The average Bonchev–Trinajstić information content (AvgIpc) is 3.13. The molecule has 182 valence electrons. The van der Waals surface area contributed by atoms with Gasteiger partial charge in [-0.2, -0.15) is 4.31 Å². The Balaban J connectivity index is 1.90. The van der Waals surface area contributed by atoms with Crippen molar-refractivity contribution in [1.29, 1.82) is 0 Å². The summed E-state index contributed by atoms with van der Waals surface area (Å²) >= 11 is 0. The van der Waals surface area contributed by atoms with Crippen LogP contribution < -0.4 is 15.0 Å². The van der Waals surface area contributed by atoms with Crippen LogP contribution >= 0.6 is 0 Å². The lowest BCUT2D eigenvalue weighted by molar-refractivity contribution is -0.121. The molecule has 9 nitrogen and oxygen atoms in total. The lowest BCUT2D eigenvalue weighted by atomic mass is 10.1. The summed E-state index contributed by atoms with van der Waals surface area (Å²) in [4.78, 5) is 38.0. The zero-order chi connectivity index (χ0) is 25.0. The molecular formula is C24H29N3O6S. The molecule has 2 aromatic carbocycles. The van der Waals surface area contributed by atoms with Crippen LogP contribution in [-0.4, -0.2) is 49.6 Å². The fourth-order valence-electron chi connectivity index (χ4n) is 3.66. The first-order valence-corrected chi connectivity index (χ1v) is 12.6. The number of ether oxygens (including phenoxy) is 1. The molecule has 1 aliphatic heterocycles. The van der Waals surface area contributed by atoms with Gasteiger partial charge in [-0.15, -0.1) is 0 Å². The van der Waals surface area contributed by atoms with Gasteiger partial charge in [0.25, 0.3) is 5.91 Å². The topological polar surface area (TPSA) is 113 Å². The molecule has 1 saturated heterocycles. The molecule has 0 spiro atoms. The van der Waals surface area contributed by atoms with Crippen molar-refractivity contribution in [1.82, 2.24) is 4.31 Å². The highest BCUT2D eigenvalue weighted by atomic mass is 32.2. The number of nitrogens with zero attached hydrogens (tertiary/aromatic N) is 2. The van der Waals surface area contributed by atoms with E-state index >= 15 is 0 Å². The number of amides is 3. The van der Waals surface area contributed by atoms with Crippen LogP contribution in [-0.2, 0) is 19.6 Å². The summed E-state index contributed by atoms with van der Waals surface area (Å²) in [5.41, 5.74) is 0.899. The molecule has 1 fully saturated rings. The molecule has 0 aliphatic carbocycles. The molecule has 0 atom stereocenters. The van der Waals surface area contributed by atoms with E-state index in [4.69, 9.17) is 4.74 Å². The molecule has 0 bridgehead atoms. The third kappa shape index (κ3) is 5.28. The van der Waals surface area contributed by atoms with Crippen molar-refractivity contribution in [2.24, 2.45) is 0 Å². The first kappa shape index (κ1) is 25.4. The number of rotatable bonds is 9. The van der Waals surface area contributed by atoms with Gasteiger partial charge in [0.05, 0.1) is 22.4 Å². The van der Waals surface area contributed by atoms with Gasteiger partial charge in [0, 0.05) is 31.5 Å². The molecule has 1 N–H and O–H groups in total. The van der Waals surface area contributed by atoms with E-state index in [1.165, 1.54) is 46.8 Å². The Labute approximate surface area is 199 Å². The number of hydrogen-bond acceptors (Lipinski definition) is 6. The van der Waals surface area contributed by atoms with E-state index in [0.717, 1.165) is 4.90 Å². The highest BCUT2D eigenvalue weighted by Crippen LogP contribution is 2.31. The van der Waals surface area contributed by atoms with Crippen molar-refractivity contribution < 1.29 is 27.5 Å². The normalized spacial score (nSPS) is 14.2. The third-order valence-corrected chi connectivity index (χ3v) is 7.39. The molecule has 0 radical (unpaired) electrons. The number of anilines is 2. The summed E-state index contributed by atoms with van der Waals surface area (Å²) in [7, 11) is -3.74. The Morgan fingerprint density at radius 1 is 1.03 bits per heavy atom. The van der Waals surface area contributed by atoms with E-state index < -0.39 is 15.9 Å². The largest absolute Gasteiger partial charge is 0.489 e. The lowest BCUT2D eigenvalue weighted by Crippen LogP contribution is -2.30. The Hall–Kier alpha value is -3.24. The molecular weight excluding hydrogens is 458 g/mol. The van der Waals surface area contributed by atoms with Crippen LogP contribution in [0.15, 0.2) is 47.4 Å². The van der Waals surface area contributed by atoms with Crippen molar-refractivity contribution in [2.45, 2.75) is 51.5 Å². The predicted octanol–water partition coefficient (Wildman–Crippen LogP) is 3.41. The van der Waals surface area contributed by atoms with E-state index in [-0.39, 0.29) is 46.9 Å². The number of sulfonamides is 1. The van der Waals surface area contributed by atoms with Crippen LogP contribution in [0.2, 0.25) is 0 Å². The number of carbonyl (C=O) groups excluding carboxylic acids is 3. The van der Waals surface area contributed by atoms with Crippen LogP contribution in [0, 0.1) is 0 Å². The molecule has 0 saturated carbocycles. The predicted molar refractivity (Wildman–Crippen MR) is 128 cm³/mol. The summed E-state index contributed by atoms with van der Waals surface area (Å²) < 4.78 is 33.0. The molecule has 1 aliphatic rings. The van der Waals surface area contributed by atoms with Crippen LogP contribution in [0.1, 0.15) is 50.9 Å². The minimum absolute atomic E-state index is 0.0454. The molecule has 0 unspecified atom stereocenters. The van der Waals surface area contributed by atoms with Crippen molar-refractivity contribution in [2.75, 3.05) is 23.3 Å². The van der Waals surface area contributed by atoms with E-state index in [1.807, 2.05) is 13.8 Å². The number of carbonyl (C=O) groups is 3. The van der Waals surface area contributed by atoms with Gasteiger partial charge in [0.2, 0.25) is 21.8 Å². The highest BCUT2D eigenvalue weighted by molar-refractivity contribution is 7.89. The maximum Gasteiger partial charge on any atom is 0.255 e. The summed E-state index contributed by atoms with van der Waals surface area (Å²) in [6, 6.07) is 10.4. The maximum absolute atomic E-state index is 13.0. The van der Waals surface area contributed by atoms with Gasteiger partial charge in [0.1, 0.15) is 5.75 Å². The quantitative estimate of drug-likeness (QED) is 0.543. The maximum atomic E-state index is 13.0. The van der Waals surface area contributed by atoms with Gasteiger partial charge in [0.15, 0.2) is 0 Å². The standard InChI is InChI=1S/C24H29N3O6S/c1-5-26(6-2)34(31,32)19-11-12-21(33-16(3)4)20(15-19)25-24(30)17-7-9-18(10-8-17)27-22(28)13-14-23(27)29/h7-12,15-16H,5-6,13-14H2,1-4H3,(H,25,30). The summed E-state index contributed by atoms with van der Waals surface area (Å²) in [6.45, 7) is 7.80. The van der Waals surface area contributed by atoms with Crippen molar-refractivity contribution in [3.8, 4) is 5.75 Å². The monoisotopic (exact) mass is 487 g/mol. The molecule has 2 aromatic rings. The Morgan fingerprint density at radius 3 is 2.15 bits per heavy atom. The molecule has 34 heavy (non-hydrogen) atoms. The van der Waals surface area contributed by atoms with Gasteiger partial charge >= 0.3 is 0 Å². The third-order valence-electron chi connectivity index (χ3n) is 5.34. The van der Waals surface area contributed by atoms with Crippen LogP contribution in [0.4, 0.5) is 11.4 Å². The van der Waals surface area contributed by atoms with E-state index in [9.17, 15) is 22.8 Å². The highest BCUT2D eigenvalue weighted by Gasteiger charge is 2.30. The van der Waals surface area contributed by atoms with Crippen molar-refractivity contribution in [3.63, 3.8) is 0 Å².